The number of aliphatic hydroxyl groups excluding tert-OH is 1. The minimum Gasteiger partial charge on any atom is -0.387 e. The topological polar surface area (TPSA) is 94.6 Å². The van der Waals surface area contributed by atoms with Crippen molar-refractivity contribution in [1.29, 1.82) is 0 Å². The summed E-state index contributed by atoms with van der Waals surface area (Å²) in [6.45, 7) is 2.35. The fourth-order valence-electron chi connectivity index (χ4n) is 3.22. The first kappa shape index (κ1) is 20.7. The number of rotatable bonds is 9. The Labute approximate surface area is 167 Å². The van der Waals surface area contributed by atoms with Gasteiger partial charge in [-0.05, 0) is 49.6 Å². The fraction of sp³-hybridized carbons (Fsp3) is 0.450. The van der Waals surface area contributed by atoms with E-state index in [-0.39, 0.29) is 0 Å². The Morgan fingerprint density at radius 1 is 1.11 bits per heavy atom. The number of anilines is 1. The van der Waals surface area contributed by atoms with Gasteiger partial charge in [0.1, 0.15) is 0 Å². The summed E-state index contributed by atoms with van der Waals surface area (Å²) in [5.41, 5.74) is 2.47. The van der Waals surface area contributed by atoms with Gasteiger partial charge in [0.15, 0.2) is 0 Å². The Bertz CT molecular complexity index is 822. The second-order valence-corrected chi connectivity index (χ2v) is 8.69. The minimum atomic E-state index is -3.47. The molecule has 0 amide bonds. The number of hydrogen-bond acceptors (Lipinski definition) is 5. The number of benzene rings is 1. The summed E-state index contributed by atoms with van der Waals surface area (Å²) in [4.78, 5) is 4.01. The zero-order valence-electron chi connectivity index (χ0n) is 15.9. The minimum absolute atomic E-state index is 0.458. The number of piperidine rings is 1. The Morgan fingerprint density at radius 3 is 2.54 bits per heavy atom. The van der Waals surface area contributed by atoms with Crippen LogP contribution in [0.3, 0.4) is 0 Å². The molecule has 8 heteroatoms. The lowest BCUT2D eigenvalue weighted by Gasteiger charge is -2.26. The van der Waals surface area contributed by atoms with Crippen LogP contribution < -0.4 is 10.0 Å². The van der Waals surface area contributed by atoms with Gasteiger partial charge in [-0.25, -0.2) is 0 Å². The molecule has 0 spiro atoms. The second-order valence-electron chi connectivity index (χ2n) is 7.02. The lowest BCUT2D eigenvalue weighted by molar-refractivity contribution is 0.174. The summed E-state index contributed by atoms with van der Waals surface area (Å²) in [6.07, 6.45) is 6.48. The van der Waals surface area contributed by atoms with E-state index in [1.54, 1.807) is 30.6 Å². The molecule has 1 atom stereocenters. The van der Waals surface area contributed by atoms with Crippen LogP contribution in [0.5, 0.6) is 0 Å². The van der Waals surface area contributed by atoms with Crippen LogP contribution in [0.25, 0.3) is 0 Å². The molecule has 0 unspecified atom stereocenters. The first-order valence-electron chi connectivity index (χ1n) is 9.70. The van der Waals surface area contributed by atoms with Gasteiger partial charge in [-0.3, -0.25) is 9.71 Å². The zero-order chi connectivity index (χ0) is 19.8. The monoisotopic (exact) mass is 404 g/mol. The van der Waals surface area contributed by atoms with Crippen LogP contribution in [0, 0.1) is 0 Å². The Hall–Kier alpha value is -2.00. The number of aromatic nitrogens is 1. The summed E-state index contributed by atoms with van der Waals surface area (Å²) in [5, 5.41) is 13.3. The average molecular weight is 405 g/mol. The molecule has 2 heterocycles. The maximum absolute atomic E-state index is 12.4. The highest BCUT2D eigenvalue weighted by molar-refractivity contribution is 7.90. The Balaban J connectivity index is 1.43. The molecule has 0 radical (unpaired) electrons. The molecule has 0 bridgehead atoms. The van der Waals surface area contributed by atoms with E-state index in [1.807, 2.05) is 18.2 Å². The van der Waals surface area contributed by atoms with Gasteiger partial charge in [-0.2, -0.15) is 12.7 Å². The number of hydrogen-bond donors (Lipinski definition) is 3. The number of nitrogens with one attached hydrogen (secondary N) is 2. The molecule has 7 nitrogen and oxygen atoms in total. The standard InChI is InChI=1S/C20H28N4O3S/c25-20(18-5-4-11-21-15-18)16-22-12-10-17-6-8-19(9-7-17)23-28(26,27)24-13-2-1-3-14-24/h4-9,11,15,20,22-23,25H,1-3,10,12-14,16H2/t20-/m1/s1. The van der Waals surface area contributed by atoms with Crippen molar-refractivity contribution >= 4 is 15.9 Å². The third-order valence-corrected chi connectivity index (χ3v) is 6.39. The molecule has 1 aromatic heterocycles. The van der Waals surface area contributed by atoms with Crippen LogP contribution in [0.1, 0.15) is 36.5 Å². The lowest BCUT2D eigenvalue weighted by Crippen LogP contribution is -2.39. The molecule has 152 valence electrons. The van der Waals surface area contributed by atoms with E-state index in [9.17, 15) is 13.5 Å². The van der Waals surface area contributed by atoms with Crippen LogP contribution in [0.4, 0.5) is 5.69 Å². The molecule has 2 aromatic rings. The van der Waals surface area contributed by atoms with Crippen LogP contribution in [-0.4, -0.2) is 49.0 Å². The van der Waals surface area contributed by atoms with Crippen LogP contribution in [0.15, 0.2) is 48.8 Å². The third kappa shape index (κ3) is 6.00. The lowest BCUT2D eigenvalue weighted by atomic mass is 10.1. The summed E-state index contributed by atoms with van der Waals surface area (Å²) < 4.78 is 29.0. The van der Waals surface area contributed by atoms with Crippen molar-refractivity contribution in [1.82, 2.24) is 14.6 Å². The fourth-order valence-corrected chi connectivity index (χ4v) is 4.52. The van der Waals surface area contributed by atoms with Gasteiger partial charge in [0.05, 0.1) is 6.10 Å². The molecule has 0 saturated carbocycles. The third-order valence-electron chi connectivity index (χ3n) is 4.85. The maximum atomic E-state index is 12.4. The quantitative estimate of drug-likeness (QED) is 0.557. The van der Waals surface area contributed by atoms with Gasteiger partial charge in [0.25, 0.3) is 0 Å². The predicted molar refractivity (Wildman–Crippen MR) is 110 cm³/mol. The average Bonchev–Trinajstić information content (AvgIpc) is 2.73. The van der Waals surface area contributed by atoms with Gasteiger partial charge in [0.2, 0.25) is 0 Å². The normalized spacial score (nSPS) is 16.6. The van der Waals surface area contributed by atoms with Gasteiger partial charge in [-0.15, -0.1) is 0 Å². The van der Waals surface area contributed by atoms with Crippen molar-refractivity contribution in [3.8, 4) is 0 Å². The molecule has 1 aliphatic heterocycles. The van der Waals surface area contributed by atoms with Gasteiger partial charge < -0.3 is 10.4 Å². The largest absolute Gasteiger partial charge is 0.387 e. The molecule has 1 saturated heterocycles. The summed E-state index contributed by atoms with van der Waals surface area (Å²) >= 11 is 0. The van der Waals surface area contributed by atoms with Crippen LogP contribution in [-0.2, 0) is 16.6 Å². The predicted octanol–water partition coefficient (Wildman–Crippen LogP) is 2.09. The Morgan fingerprint density at radius 2 is 1.86 bits per heavy atom. The second kappa shape index (κ2) is 9.97. The molecule has 1 fully saturated rings. The van der Waals surface area contributed by atoms with Gasteiger partial charge >= 0.3 is 10.2 Å². The van der Waals surface area contributed by atoms with E-state index in [0.717, 1.165) is 43.4 Å². The van der Waals surface area contributed by atoms with E-state index in [1.165, 1.54) is 4.31 Å². The van der Waals surface area contributed by atoms with Crippen molar-refractivity contribution in [2.45, 2.75) is 31.8 Å². The van der Waals surface area contributed by atoms with E-state index in [0.29, 0.717) is 25.3 Å². The maximum Gasteiger partial charge on any atom is 0.301 e. The molecular weight excluding hydrogens is 376 g/mol. The molecule has 3 N–H and O–H groups in total. The van der Waals surface area contributed by atoms with Crippen LogP contribution in [0.2, 0.25) is 0 Å². The molecule has 0 aliphatic carbocycles. The first-order chi connectivity index (χ1) is 13.5. The summed E-state index contributed by atoms with van der Waals surface area (Å²) in [6, 6.07) is 11.1. The number of aliphatic hydroxyl groups is 1. The van der Waals surface area contributed by atoms with E-state index in [4.69, 9.17) is 0 Å². The first-order valence-corrected chi connectivity index (χ1v) is 11.1. The number of pyridine rings is 1. The molecule has 1 aromatic carbocycles. The zero-order valence-corrected chi connectivity index (χ0v) is 16.7. The van der Waals surface area contributed by atoms with Gasteiger partial charge in [-0.1, -0.05) is 24.6 Å². The van der Waals surface area contributed by atoms with E-state index >= 15 is 0 Å². The van der Waals surface area contributed by atoms with Crippen molar-refractivity contribution in [2.75, 3.05) is 30.9 Å². The number of nitrogens with zero attached hydrogens (tertiary/aromatic N) is 2. The molecule has 3 rings (SSSR count). The van der Waals surface area contributed by atoms with Crippen molar-refractivity contribution in [3.63, 3.8) is 0 Å². The van der Waals surface area contributed by atoms with E-state index in [2.05, 4.69) is 15.0 Å². The van der Waals surface area contributed by atoms with Crippen LogP contribution >= 0.6 is 0 Å². The molecule has 28 heavy (non-hydrogen) atoms. The van der Waals surface area contributed by atoms with Crippen molar-refractivity contribution in [3.05, 3.63) is 59.9 Å². The van der Waals surface area contributed by atoms with Crippen molar-refractivity contribution < 1.29 is 13.5 Å². The summed E-state index contributed by atoms with van der Waals surface area (Å²) in [5.74, 6) is 0. The highest BCUT2D eigenvalue weighted by Gasteiger charge is 2.23. The molecule has 1 aliphatic rings. The highest BCUT2D eigenvalue weighted by atomic mass is 32.2. The molecular formula is C20H28N4O3S. The van der Waals surface area contributed by atoms with E-state index < -0.39 is 16.3 Å². The summed E-state index contributed by atoms with van der Waals surface area (Å²) in [7, 11) is -3.47. The smallest absolute Gasteiger partial charge is 0.301 e. The van der Waals surface area contributed by atoms with Crippen molar-refractivity contribution in [2.24, 2.45) is 0 Å². The Kier molecular flexibility index (Phi) is 7.38. The highest BCUT2D eigenvalue weighted by Crippen LogP contribution is 2.17. The SMILES string of the molecule is O=S(=O)(Nc1ccc(CCNC[C@@H](O)c2cccnc2)cc1)N1CCCCC1. The van der Waals surface area contributed by atoms with Gasteiger partial charge in [0, 0.05) is 43.3 Å².